The van der Waals surface area contributed by atoms with E-state index in [1.165, 1.54) is 18.8 Å². The zero-order valence-electron chi connectivity index (χ0n) is 12.3. The van der Waals surface area contributed by atoms with Gasteiger partial charge in [0, 0.05) is 14.2 Å². The molecule has 0 unspecified atom stereocenters. The minimum Gasteiger partial charge on any atom is -0.354 e. The molecule has 22 heavy (non-hydrogen) atoms. The van der Waals surface area contributed by atoms with E-state index in [-0.39, 0.29) is 12.1 Å². The summed E-state index contributed by atoms with van der Waals surface area (Å²) in [4.78, 5) is 15.8. The van der Waals surface area contributed by atoms with Crippen molar-refractivity contribution in [2.24, 2.45) is 0 Å². The second-order valence-corrected chi connectivity index (χ2v) is 5.38. The van der Waals surface area contributed by atoms with Crippen molar-refractivity contribution in [3.63, 3.8) is 0 Å². The minimum absolute atomic E-state index is 0.149. The molecule has 0 saturated heterocycles. The maximum absolute atomic E-state index is 12.7. The topological polar surface area (TPSA) is 56.2 Å². The number of fused-ring (bicyclic) bond motifs is 2. The lowest BCUT2D eigenvalue weighted by Gasteiger charge is -2.15. The lowest BCUT2D eigenvalue weighted by Crippen LogP contribution is -2.30. The van der Waals surface area contributed by atoms with Crippen LogP contribution in [-0.2, 0) is 16.0 Å². The Bertz CT molecular complexity index is 941. The third kappa shape index (κ3) is 2.56. The summed E-state index contributed by atoms with van der Waals surface area (Å²) in [6.45, 7) is 0.240. The minimum atomic E-state index is -0.522. The fraction of sp³-hybridized carbons (Fsp3) is 0.250. The molecule has 3 rings (SSSR count). The molecule has 1 heterocycles. The first kappa shape index (κ1) is 14.9. The first-order valence-electron chi connectivity index (χ1n) is 6.85. The third-order valence-corrected chi connectivity index (χ3v) is 4.03. The van der Waals surface area contributed by atoms with Gasteiger partial charge in [0.2, 0.25) is 0 Å². The Hall–Kier alpha value is -2.02. The number of nitrogens with one attached hydrogen (secondary N) is 1. The predicted molar refractivity (Wildman–Crippen MR) is 88.7 cm³/mol. The number of aromatic amines is 1. The molecule has 0 aliphatic carbocycles. The first-order chi connectivity index (χ1) is 10.6. The monoisotopic (exact) mass is 316 g/mol. The number of aromatic nitrogens is 2. The van der Waals surface area contributed by atoms with Crippen LogP contribution in [0.4, 0.5) is 0 Å². The van der Waals surface area contributed by atoms with Crippen molar-refractivity contribution < 1.29 is 9.47 Å². The van der Waals surface area contributed by atoms with E-state index < -0.39 is 6.29 Å². The zero-order valence-corrected chi connectivity index (χ0v) is 13.1. The molecule has 114 valence electrons. The molecule has 3 aromatic rings. The molecule has 0 radical (unpaired) electrons. The molecule has 0 spiro atoms. The lowest BCUT2D eigenvalue weighted by atomic mass is 10.1. The Kier molecular flexibility index (Phi) is 4.06. The maximum Gasteiger partial charge on any atom is 0.262 e. The summed E-state index contributed by atoms with van der Waals surface area (Å²) in [6, 6.07) is 11.7. The summed E-state index contributed by atoms with van der Waals surface area (Å²) < 4.78 is 12.1. The van der Waals surface area contributed by atoms with Crippen molar-refractivity contribution in [3.05, 3.63) is 51.5 Å². The highest BCUT2D eigenvalue weighted by Gasteiger charge is 2.12. The standard InChI is InChI=1S/C16H16N2O3S/c1-20-14(21-2)9-18-15(19)12-7-10-5-3-4-6-11(10)8-13(12)17-16(18)22/h3-8,14H,9H2,1-2H3,(H,17,22). The van der Waals surface area contributed by atoms with Crippen LogP contribution in [0.5, 0.6) is 0 Å². The molecule has 0 bridgehead atoms. The number of H-pyrrole nitrogens is 1. The Balaban J connectivity index is 2.25. The van der Waals surface area contributed by atoms with E-state index >= 15 is 0 Å². The van der Waals surface area contributed by atoms with Crippen LogP contribution in [0.1, 0.15) is 0 Å². The Morgan fingerprint density at radius 3 is 2.45 bits per heavy atom. The van der Waals surface area contributed by atoms with E-state index in [2.05, 4.69) is 4.98 Å². The Labute approximate surface area is 132 Å². The van der Waals surface area contributed by atoms with Gasteiger partial charge in [-0.1, -0.05) is 24.3 Å². The molecule has 6 heteroatoms. The number of hydrogen-bond acceptors (Lipinski definition) is 4. The summed E-state index contributed by atoms with van der Waals surface area (Å²) in [6.07, 6.45) is -0.522. The second kappa shape index (κ2) is 6.00. The molecule has 1 aromatic heterocycles. The number of benzene rings is 2. The van der Waals surface area contributed by atoms with Crippen molar-refractivity contribution in [2.45, 2.75) is 12.8 Å². The number of hydrogen-bond donors (Lipinski definition) is 1. The average Bonchev–Trinajstić information content (AvgIpc) is 2.54. The summed E-state index contributed by atoms with van der Waals surface area (Å²) in [7, 11) is 3.06. The van der Waals surface area contributed by atoms with Gasteiger partial charge in [0.15, 0.2) is 11.1 Å². The molecule has 0 atom stereocenters. The molecule has 0 saturated carbocycles. The van der Waals surface area contributed by atoms with Crippen LogP contribution in [0, 0.1) is 4.77 Å². The van der Waals surface area contributed by atoms with Gasteiger partial charge in [-0.15, -0.1) is 0 Å². The van der Waals surface area contributed by atoms with Gasteiger partial charge in [-0.25, -0.2) is 0 Å². The Morgan fingerprint density at radius 1 is 1.18 bits per heavy atom. The van der Waals surface area contributed by atoms with Gasteiger partial charge < -0.3 is 14.5 Å². The van der Waals surface area contributed by atoms with Crippen molar-refractivity contribution in [3.8, 4) is 0 Å². The highest BCUT2D eigenvalue weighted by atomic mass is 32.1. The number of rotatable bonds is 4. The fourth-order valence-corrected chi connectivity index (χ4v) is 2.77. The van der Waals surface area contributed by atoms with Gasteiger partial charge in [0.05, 0.1) is 17.4 Å². The predicted octanol–water partition coefficient (Wildman–Crippen LogP) is 2.83. The lowest BCUT2D eigenvalue weighted by molar-refractivity contribution is -0.111. The first-order valence-corrected chi connectivity index (χ1v) is 7.26. The summed E-state index contributed by atoms with van der Waals surface area (Å²) in [5.41, 5.74) is 0.583. The van der Waals surface area contributed by atoms with Crippen LogP contribution in [0.15, 0.2) is 41.2 Å². The molecule has 2 aromatic carbocycles. The van der Waals surface area contributed by atoms with Gasteiger partial charge in [-0.2, -0.15) is 0 Å². The van der Waals surface area contributed by atoms with Gasteiger partial charge in [-0.3, -0.25) is 9.36 Å². The van der Waals surface area contributed by atoms with Crippen LogP contribution in [0.3, 0.4) is 0 Å². The van der Waals surface area contributed by atoms with Crippen molar-refractivity contribution in [2.75, 3.05) is 14.2 Å². The highest BCUT2D eigenvalue weighted by molar-refractivity contribution is 7.71. The SMILES string of the molecule is COC(Cn1c(=S)[nH]c2cc3ccccc3cc2c1=O)OC. The number of nitrogens with zero attached hydrogens (tertiary/aromatic N) is 1. The highest BCUT2D eigenvalue weighted by Crippen LogP contribution is 2.19. The van der Waals surface area contributed by atoms with E-state index in [0.29, 0.717) is 10.2 Å². The van der Waals surface area contributed by atoms with Crippen molar-refractivity contribution in [1.82, 2.24) is 9.55 Å². The summed E-state index contributed by atoms with van der Waals surface area (Å²) >= 11 is 5.30. The summed E-state index contributed by atoms with van der Waals surface area (Å²) in [5.74, 6) is 0. The second-order valence-electron chi connectivity index (χ2n) is 4.99. The molecule has 0 amide bonds. The van der Waals surface area contributed by atoms with Gasteiger partial charge >= 0.3 is 0 Å². The third-order valence-electron chi connectivity index (χ3n) is 3.71. The smallest absolute Gasteiger partial charge is 0.262 e. The largest absolute Gasteiger partial charge is 0.354 e. The van der Waals surface area contributed by atoms with Crippen LogP contribution in [-0.4, -0.2) is 30.1 Å². The van der Waals surface area contributed by atoms with Gasteiger partial charge in [0.25, 0.3) is 5.56 Å². The normalized spacial score (nSPS) is 11.6. The Morgan fingerprint density at radius 2 is 1.82 bits per heavy atom. The average molecular weight is 316 g/mol. The summed E-state index contributed by atoms with van der Waals surface area (Å²) in [5, 5.41) is 2.67. The molecule has 5 nitrogen and oxygen atoms in total. The quantitative estimate of drug-likeness (QED) is 0.457. The molecule has 0 aliphatic rings. The van der Waals surface area contributed by atoms with Crippen LogP contribution in [0.25, 0.3) is 21.7 Å². The molecular weight excluding hydrogens is 300 g/mol. The van der Waals surface area contributed by atoms with E-state index in [1.54, 1.807) is 0 Å². The molecule has 0 aliphatic heterocycles. The number of ether oxygens (including phenoxy) is 2. The van der Waals surface area contributed by atoms with Gasteiger partial charge in [-0.05, 0) is 35.1 Å². The van der Waals surface area contributed by atoms with Crippen molar-refractivity contribution >= 4 is 33.9 Å². The van der Waals surface area contributed by atoms with E-state index in [4.69, 9.17) is 21.7 Å². The molecule has 0 fully saturated rings. The van der Waals surface area contributed by atoms with E-state index in [0.717, 1.165) is 16.3 Å². The van der Waals surface area contributed by atoms with E-state index in [9.17, 15) is 4.79 Å². The van der Waals surface area contributed by atoms with E-state index in [1.807, 2.05) is 36.4 Å². The zero-order chi connectivity index (χ0) is 15.7. The maximum atomic E-state index is 12.7. The molecule has 1 N–H and O–H groups in total. The molecular formula is C16H16N2O3S. The van der Waals surface area contributed by atoms with Crippen molar-refractivity contribution in [1.29, 1.82) is 0 Å². The van der Waals surface area contributed by atoms with Gasteiger partial charge in [0.1, 0.15) is 0 Å². The van der Waals surface area contributed by atoms with Crippen LogP contribution >= 0.6 is 12.2 Å². The fourth-order valence-electron chi connectivity index (χ4n) is 2.50. The van der Waals surface area contributed by atoms with Crippen LogP contribution in [0.2, 0.25) is 0 Å². The van der Waals surface area contributed by atoms with Crippen LogP contribution < -0.4 is 5.56 Å². The number of methoxy groups -OCH3 is 2.